The smallest absolute Gasteiger partial charge is 0.282 e. The molecule has 1 amide bonds. The summed E-state index contributed by atoms with van der Waals surface area (Å²) >= 11 is 0. The van der Waals surface area contributed by atoms with Crippen molar-refractivity contribution < 1.29 is 13.2 Å². The summed E-state index contributed by atoms with van der Waals surface area (Å²) in [5, 5.41) is 2.96. The average Bonchev–Trinajstić information content (AvgIpc) is 2.54. The van der Waals surface area contributed by atoms with Gasteiger partial charge >= 0.3 is 0 Å². The molecule has 0 spiro atoms. The van der Waals surface area contributed by atoms with Crippen LogP contribution in [0.1, 0.15) is 59.8 Å². The Labute approximate surface area is 153 Å². The Hall–Kier alpha value is -0.660. The number of nitrogens with one attached hydrogen (secondary N) is 1. The summed E-state index contributed by atoms with van der Waals surface area (Å²) in [6.45, 7) is 10.4. The predicted molar refractivity (Wildman–Crippen MR) is 100 cm³/mol. The Morgan fingerprint density at radius 2 is 1.72 bits per heavy atom. The Balaban J connectivity index is 2.06. The van der Waals surface area contributed by atoms with E-state index in [2.05, 4.69) is 26.1 Å². The lowest BCUT2D eigenvalue weighted by Crippen LogP contribution is -2.56. The minimum atomic E-state index is -3.51. The molecule has 1 N–H and O–H groups in total. The van der Waals surface area contributed by atoms with E-state index in [1.54, 1.807) is 8.61 Å². The number of hydrogen-bond acceptors (Lipinski definition) is 3. The van der Waals surface area contributed by atoms with E-state index in [9.17, 15) is 13.2 Å². The van der Waals surface area contributed by atoms with Gasteiger partial charge < -0.3 is 5.32 Å². The van der Waals surface area contributed by atoms with Crippen LogP contribution in [0, 0.1) is 17.8 Å². The van der Waals surface area contributed by atoms with E-state index in [0.29, 0.717) is 38.0 Å². The van der Waals surface area contributed by atoms with Gasteiger partial charge in [-0.1, -0.05) is 27.2 Å². The van der Waals surface area contributed by atoms with Gasteiger partial charge in [-0.25, -0.2) is 0 Å². The molecule has 0 aromatic rings. The van der Waals surface area contributed by atoms with Gasteiger partial charge in [0.25, 0.3) is 10.2 Å². The lowest BCUT2D eigenvalue weighted by molar-refractivity contribution is -0.126. The van der Waals surface area contributed by atoms with Crippen molar-refractivity contribution in [1.29, 1.82) is 0 Å². The third-order valence-electron chi connectivity index (χ3n) is 5.48. The maximum atomic E-state index is 13.2. The minimum absolute atomic E-state index is 0.000861. The number of carbonyl (C=O) groups excluding carboxylic acids is 1. The third-order valence-corrected chi connectivity index (χ3v) is 7.54. The van der Waals surface area contributed by atoms with Crippen LogP contribution in [-0.2, 0) is 15.0 Å². The number of carbonyl (C=O) groups is 1. The number of unbranched alkanes of at least 4 members (excludes halogenated alkanes) is 1. The fourth-order valence-electron chi connectivity index (χ4n) is 4.09. The number of amides is 1. The van der Waals surface area contributed by atoms with Crippen LogP contribution >= 0.6 is 0 Å². The molecule has 6 nitrogen and oxygen atoms in total. The molecule has 0 radical (unpaired) electrons. The molecule has 146 valence electrons. The van der Waals surface area contributed by atoms with Crippen molar-refractivity contribution in [3.05, 3.63) is 0 Å². The maximum absolute atomic E-state index is 13.2. The fraction of sp³-hybridized carbons (Fsp3) is 0.944. The van der Waals surface area contributed by atoms with Crippen molar-refractivity contribution in [3.8, 4) is 0 Å². The first-order chi connectivity index (χ1) is 11.8. The molecule has 0 aliphatic carbocycles. The number of piperidine rings is 2. The Kier molecular flexibility index (Phi) is 7.29. The van der Waals surface area contributed by atoms with Crippen molar-refractivity contribution in [3.63, 3.8) is 0 Å². The predicted octanol–water partition coefficient (Wildman–Crippen LogP) is 2.23. The van der Waals surface area contributed by atoms with E-state index in [4.69, 9.17) is 0 Å². The summed E-state index contributed by atoms with van der Waals surface area (Å²) in [6.07, 6.45) is 4.57. The zero-order chi connectivity index (χ0) is 18.6. The average molecular weight is 374 g/mol. The van der Waals surface area contributed by atoms with Gasteiger partial charge in [0.2, 0.25) is 5.91 Å². The first-order valence-corrected chi connectivity index (χ1v) is 11.2. The van der Waals surface area contributed by atoms with E-state index in [0.717, 1.165) is 32.1 Å². The van der Waals surface area contributed by atoms with Crippen LogP contribution in [0.4, 0.5) is 0 Å². The standard InChI is InChI=1S/C18H35N3O3S/c1-5-6-9-19-18(22)17-8-7-16(4)21(13-17)25(23,24)20-11-14(2)10-15(3)12-20/h14-17H,5-13H2,1-4H3,(H,19,22). The third kappa shape index (κ3) is 5.17. The quantitative estimate of drug-likeness (QED) is 0.726. The van der Waals surface area contributed by atoms with E-state index >= 15 is 0 Å². The molecule has 0 saturated carbocycles. The van der Waals surface area contributed by atoms with Crippen molar-refractivity contribution in [2.24, 2.45) is 17.8 Å². The molecular weight excluding hydrogens is 338 g/mol. The van der Waals surface area contributed by atoms with Gasteiger partial charge in [0.1, 0.15) is 0 Å². The largest absolute Gasteiger partial charge is 0.356 e. The highest BCUT2D eigenvalue weighted by Gasteiger charge is 2.41. The molecule has 7 heteroatoms. The van der Waals surface area contributed by atoms with Crippen LogP contribution in [0.3, 0.4) is 0 Å². The van der Waals surface area contributed by atoms with Crippen molar-refractivity contribution in [1.82, 2.24) is 13.9 Å². The molecule has 25 heavy (non-hydrogen) atoms. The second-order valence-corrected chi connectivity index (χ2v) is 9.99. The molecule has 4 atom stereocenters. The molecule has 2 saturated heterocycles. The van der Waals surface area contributed by atoms with Gasteiger partial charge in [-0.3, -0.25) is 4.79 Å². The molecule has 0 aromatic carbocycles. The van der Waals surface area contributed by atoms with Crippen molar-refractivity contribution in [2.75, 3.05) is 26.2 Å². The van der Waals surface area contributed by atoms with Crippen LogP contribution < -0.4 is 5.32 Å². The molecule has 0 bridgehead atoms. The second-order valence-electron chi connectivity index (χ2n) is 8.11. The summed E-state index contributed by atoms with van der Waals surface area (Å²) in [4.78, 5) is 12.4. The first kappa shape index (κ1) is 20.6. The first-order valence-electron chi connectivity index (χ1n) is 9.80. The van der Waals surface area contributed by atoms with Crippen LogP contribution in [-0.4, -0.2) is 55.2 Å². The molecule has 2 rings (SSSR count). The molecule has 2 aliphatic rings. The molecular formula is C18H35N3O3S. The summed E-state index contributed by atoms with van der Waals surface area (Å²) in [7, 11) is -3.51. The second kappa shape index (κ2) is 8.82. The van der Waals surface area contributed by atoms with Crippen LogP contribution in [0.25, 0.3) is 0 Å². The number of nitrogens with zero attached hydrogens (tertiary/aromatic N) is 2. The number of rotatable bonds is 6. The van der Waals surface area contributed by atoms with Gasteiger partial charge in [0.05, 0.1) is 5.92 Å². The topological polar surface area (TPSA) is 69.7 Å². The SMILES string of the molecule is CCCCNC(=O)C1CCC(C)N(S(=O)(=O)N2CC(C)CC(C)C2)C1. The van der Waals surface area contributed by atoms with Gasteiger partial charge in [-0.2, -0.15) is 17.0 Å². The Morgan fingerprint density at radius 3 is 2.32 bits per heavy atom. The van der Waals surface area contributed by atoms with Crippen LogP contribution in [0.15, 0.2) is 0 Å². The highest BCUT2D eigenvalue weighted by molar-refractivity contribution is 7.86. The zero-order valence-electron chi connectivity index (χ0n) is 16.2. The zero-order valence-corrected chi connectivity index (χ0v) is 17.0. The van der Waals surface area contributed by atoms with Gasteiger partial charge in [-0.05, 0) is 44.4 Å². The molecule has 2 heterocycles. The van der Waals surface area contributed by atoms with Crippen LogP contribution in [0.2, 0.25) is 0 Å². The van der Waals surface area contributed by atoms with Crippen LogP contribution in [0.5, 0.6) is 0 Å². The van der Waals surface area contributed by atoms with Crippen molar-refractivity contribution >= 4 is 16.1 Å². The van der Waals surface area contributed by atoms with E-state index in [1.807, 2.05) is 6.92 Å². The number of hydrogen-bond donors (Lipinski definition) is 1. The maximum Gasteiger partial charge on any atom is 0.282 e. The molecule has 4 unspecified atom stereocenters. The molecule has 0 aromatic heterocycles. The van der Waals surface area contributed by atoms with Gasteiger partial charge in [0, 0.05) is 32.2 Å². The fourth-order valence-corrected chi connectivity index (χ4v) is 6.20. The lowest BCUT2D eigenvalue weighted by Gasteiger charge is -2.42. The summed E-state index contributed by atoms with van der Waals surface area (Å²) in [5.74, 6) is 0.530. The van der Waals surface area contributed by atoms with Gasteiger partial charge in [0.15, 0.2) is 0 Å². The van der Waals surface area contributed by atoms with E-state index in [-0.39, 0.29) is 17.9 Å². The van der Waals surface area contributed by atoms with E-state index < -0.39 is 10.2 Å². The Morgan fingerprint density at radius 1 is 1.08 bits per heavy atom. The summed E-state index contributed by atoms with van der Waals surface area (Å²) in [5.41, 5.74) is 0. The molecule has 2 fully saturated rings. The summed E-state index contributed by atoms with van der Waals surface area (Å²) < 4.78 is 29.6. The monoisotopic (exact) mass is 373 g/mol. The minimum Gasteiger partial charge on any atom is -0.356 e. The highest BCUT2D eigenvalue weighted by atomic mass is 32.2. The van der Waals surface area contributed by atoms with E-state index in [1.165, 1.54) is 0 Å². The normalized spacial score (nSPS) is 32.5. The van der Waals surface area contributed by atoms with Gasteiger partial charge in [-0.15, -0.1) is 0 Å². The highest BCUT2D eigenvalue weighted by Crippen LogP contribution is 2.30. The van der Waals surface area contributed by atoms with Crippen molar-refractivity contribution in [2.45, 2.75) is 65.8 Å². The summed E-state index contributed by atoms with van der Waals surface area (Å²) in [6, 6.07) is -0.0442. The Bertz CT molecular complexity index is 542. The lowest BCUT2D eigenvalue weighted by atomic mass is 9.94. The molecule has 2 aliphatic heterocycles.